The van der Waals surface area contributed by atoms with Gasteiger partial charge in [0, 0.05) is 23.8 Å². The first-order valence-electron chi connectivity index (χ1n) is 15.8. The second-order valence-corrected chi connectivity index (χ2v) is 12.6. The van der Waals surface area contributed by atoms with E-state index in [-0.39, 0.29) is 37.1 Å². The lowest BCUT2D eigenvalue weighted by molar-refractivity contribution is -0.268. The van der Waals surface area contributed by atoms with Gasteiger partial charge in [-0.2, -0.15) is 4.68 Å². The fourth-order valence-corrected chi connectivity index (χ4v) is 6.63. The van der Waals surface area contributed by atoms with Crippen molar-refractivity contribution in [2.75, 3.05) is 12.4 Å². The lowest BCUT2D eigenvalue weighted by Crippen LogP contribution is -2.38. The molecule has 1 aliphatic rings. The standard InChI is InChI=1S/C37H37N5O6S/c1-3-18-46-37(45)38-21-26-6-4-7-28(19-26)29-8-5-9-30(20-29)35-47-33(24(2)34(48-35)27-12-10-25(22-43)11-13-27)23-49-36-39-40-41-42(36)31-14-16-32(44)17-15-31/h3-17,19-20,24,33-35,43-44H,1,18,21-23H2,2H3,(H,38,45)/t24-,33+,34+,35+/m1/s1. The first kappa shape index (κ1) is 33.9. The summed E-state index contributed by atoms with van der Waals surface area (Å²) in [5.41, 5.74) is 6.29. The van der Waals surface area contributed by atoms with Crippen molar-refractivity contribution in [2.45, 2.75) is 43.7 Å². The molecule has 11 nitrogen and oxygen atoms in total. The van der Waals surface area contributed by atoms with E-state index in [0.29, 0.717) is 17.5 Å². The summed E-state index contributed by atoms with van der Waals surface area (Å²) in [4.78, 5) is 11.9. The molecule has 1 aromatic heterocycles. The summed E-state index contributed by atoms with van der Waals surface area (Å²) in [6, 6.07) is 30.5. The molecule has 4 atom stereocenters. The quantitative estimate of drug-likeness (QED) is 0.0986. The summed E-state index contributed by atoms with van der Waals surface area (Å²) in [6.45, 7) is 6.10. The number of amides is 1. The van der Waals surface area contributed by atoms with Gasteiger partial charge in [-0.15, -0.1) is 5.10 Å². The average Bonchev–Trinajstić information content (AvgIpc) is 3.62. The van der Waals surface area contributed by atoms with Gasteiger partial charge in [0.05, 0.1) is 24.5 Å². The van der Waals surface area contributed by atoms with Gasteiger partial charge < -0.3 is 29.7 Å². The van der Waals surface area contributed by atoms with Crippen molar-refractivity contribution in [3.05, 3.63) is 132 Å². The molecule has 0 saturated carbocycles. The monoisotopic (exact) mass is 679 g/mol. The van der Waals surface area contributed by atoms with Crippen molar-refractivity contribution >= 4 is 17.9 Å². The molecule has 6 rings (SSSR count). The maximum atomic E-state index is 11.9. The third kappa shape index (κ3) is 8.35. The lowest BCUT2D eigenvalue weighted by atomic mass is 9.91. The van der Waals surface area contributed by atoms with Crippen molar-refractivity contribution in [3.8, 4) is 22.6 Å². The number of nitrogens with one attached hydrogen (secondary N) is 1. The molecule has 2 heterocycles. The highest BCUT2D eigenvalue weighted by atomic mass is 32.2. The van der Waals surface area contributed by atoms with E-state index in [4.69, 9.17) is 14.2 Å². The molecule has 0 unspecified atom stereocenters. The maximum absolute atomic E-state index is 11.9. The smallest absolute Gasteiger partial charge is 0.407 e. The van der Waals surface area contributed by atoms with Crippen molar-refractivity contribution in [2.24, 2.45) is 5.92 Å². The Kier molecular flexibility index (Phi) is 11.0. The van der Waals surface area contributed by atoms with E-state index in [1.807, 2.05) is 66.7 Å². The Morgan fingerprint density at radius 1 is 0.980 bits per heavy atom. The predicted octanol–water partition coefficient (Wildman–Crippen LogP) is 6.52. The summed E-state index contributed by atoms with van der Waals surface area (Å²) < 4.78 is 20.0. The van der Waals surface area contributed by atoms with Crippen LogP contribution in [0.3, 0.4) is 0 Å². The normalized spacial score (nSPS) is 18.9. The number of aliphatic hydroxyl groups is 1. The van der Waals surface area contributed by atoms with Gasteiger partial charge in [-0.3, -0.25) is 0 Å². The highest BCUT2D eigenvalue weighted by molar-refractivity contribution is 7.99. The van der Waals surface area contributed by atoms with E-state index in [0.717, 1.165) is 39.1 Å². The Morgan fingerprint density at radius 3 is 2.49 bits per heavy atom. The Bertz CT molecular complexity index is 1870. The molecule has 0 spiro atoms. The summed E-state index contributed by atoms with van der Waals surface area (Å²) in [6.07, 6.45) is -0.174. The number of aromatic nitrogens is 4. The zero-order chi connectivity index (χ0) is 34.2. The van der Waals surface area contributed by atoms with E-state index < -0.39 is 12.4 Å². The number of carbonyl (C=O) groups is 1. The second kappa shape index (κ2) is 15.9. The number of aliphatic hydroxyl groups excluding tert-OH is 1. The molecule has 1 aliphatic heterocycles. The Balaban J connectivity index is 1.23. The topological polar surface area (TPSA) is 141 Å². The minimum atomic E-state index is -0.665. The molecule has 0 radical (unpaired) electrons. The average molecular weight is 680 g/mol. The highest BCUT2D eigenvalue weighted by Gasteiger charge is 2.38. The number of carbonyl (C=O) groups excluding carboxylic acids is 1. The first-order chi connectivity index (χ1) is 23.9. The van der Waals surface area contributed by atoms with Crippen LogP contribution in [0.2, 0.25) is 0 Å². The number of aromatic hydroxyl groups is 1. The molecular weight excluding hydrogens is 643 g/mol. The molecule has 0 bridgehead atoms. The number of phenols is 1. The van der Waals surface area contributed by atoms with Crippen molar-refractivity contribution in [1.29, 1.82) is 0 Å². The summed E-state index contributed by atoms with van der Waals surface area (Å²) in [5.74, 6) is 0.677. The number of hydrogen-bond acceptors (Lipinski definition) is 10. The van der Waals surface area contributed by atoms with Crippen molar-refractivity contribution < 1.29 is 29.2 Å². The van der Waals surface area contributed by atoms with Gasteiger partial charge in [0.25, 0.3) is 0 Å². The molecule has 4 aromatic carbocycles. The minimum absolute atomic E-state index is 0.0349. The molecule has 49 heavy (non-hydrogen) atoms. The number of ether oxygens (including phenoxy) is 3. The van der Waals surface area contributed by atoms with Crippen LogP contribution in [-0.4, -0.2) is 55.0 Å². The van der Waals surface area contributed by atoms with Crippen LogP contribution in [0.5, 0.6) is 5.75 Å². The maximum Gasteiger partial charge on any atom is 0.407 e. The van der Waals surface area contributed by atoms with Gasteiger partial charge in [0.15, 0.2) is 6.29 Å². The van der Waals surface area contributed by atoms with Crippen LogP contribution >= 0.6 is 11.8 Å². The molecular formula is C37H37N5O6S. The van der Waals surface area contributed by atoms with E-state index in [2.05, 4.69) is 40.4 Å². The predicted molar refractivity (Wildman–Crippen MR) is 185 cm³/mol. The molecule has 5 aromatic rings. The van der Waals surface area contributed by atoms with Crippen LogP contribution in [0.4, 0.5) is 4.79 Å². The van der Waals surface area contributed by atoms with Crippen LogP contribution in [0.25, 0.3) is 16.8 Å². The van der Waals surface area contributed by atoms with Crippen LogP contribution in [-0.2, 0) is 27.4 Å². The van der Waals surface area contributed by atoms with E-state index in [9.17, 15) is 15.0 Å². The number of hydrogen-bond donors (Lipinski definition) is 3. The first-order valence-corrected chi connectivity index (χ1v) is 16.8. The summed E-state index contributed by atoms with van der Waals surface area (Å²) in [5, 5.41) is 35.0. The Hall–Kier alpha value is -5.01. The molecule has 252 valence electrons. The summed E-state index contributed by atoms with van der Waals surface area (Å²) in [7, 11) is 0. The molecule has 1 saturated heterocycles. The number of nitrogens with zero attached hydrogens (tertiary/aromatic N) is 4. The number of thioether (sulfide) groups is 1. The van der Waals surface area contributed by atoms with Gasteiger partial charge in [-0.05, 0) is 74.6 Å². The van der Waals surface area contributed by atoms with Crippen molar-refractivity contribution in [3.63, 3.8) is 0 Å². The SMILES string of the molecule is C=CCOC(=O)NCc1cccc(-c2cccc([C@H]3O[C@@H](CSc4nnnn4-c4ccc(O)cc4)[C@@H](C)[C@@H](c4ccc(CO)cc4)O3)c2)c1. The van der Waals surface area contributed by atoms with Crippen LogP contribution in [0.15, 0.2) is 115 Å². The van der Waals surface area contributed by atoms with Gasteiger partial charge in [-0.1, -0.05) is 92.0 Å². The fourth-order valence-electron chi connectivity index (χ4n) is 5.58. The van der Waals surface area contributed by atoms with Gasteiger partial charge in [0.2, 0.25) is 5.16 Å². The number of alkyl carbamates (subject to hydrolysis) is 1. The third-order valence-corrected chi connectivity index (χ3v) is 9.23. The molecule has 0 aliphatic carbocycles. The van der Waals surface area contributed by atoms with Gasteiger partial charge in [-0.25, -0.2) is 4.79 Å². The summed E-state index contributed by atoms with van der Waals surface area (Å²) >= 11 is 1.48. The molecule has 1 amide bonds. The van der Waals surface area contributed by atoms with Crippen LogP contribution in [0.1, 0.15) is 41.6 Å². The zero-order valence-corrected chi connectivity index (χ0v) is 27.7. The Morgan fingerprint density at radius 2 is 1.73 bits per heavy atom. The van der Waals surface area contributed by atoms with E-state index >= 15 is 0 Å². The van der Waals surface area contributed by atoms with Crippen molar-refractivity contribution in [1.82, 2.24) is 25.5 Å². The molecule has 3 N–H and O–H groups in total. The minimum Gasteiger partial charge on any atom is -0.508 e. The highest BCUT2D eigenvalue weighted by Crippen LogP contribution is 2.43. The Labute approximate surface area is 288 Å². The van der Waals surface area contributed by atoms with E-state index in [1.165, 1.54) is 17.8 Å². The number of rotatable bonds is 12. The lowest BCUT2D eigenvalue weighted by Gasteiger charge is -2.41. The second-order valence-electron chi connectivity index (χ2n) is 11.6. The molecule has 1 fully saturated rings. The van der Waals surface area contributed by atoms with E-state index in [1.54, 1.807) is 28.9 Å². The zero-order valence-electron chi connectivity index (χ0n) is 26.9. The van der Waals surface area contributed by atoms with Gasteiger partial charge >= 0.3 is 6.09 Å². The fraction of sp³-hybridized carbons (Fsp3) is 0.243. The van der Waals surface area contributed by atoms with Crippen LogP contribution < -0.4 is 5.32 Å². The number of tetrazole rings is 1. The third-order valence-electron chi connectivity index (χ3n) is 8.22. The number of benzene rings is 4. The molecule has 12 heteroatoms. The largest absolute Gasteiger partial charge is 0.508 e. The van der Waals surface area contributed by atoms with Crippen LogP contribution in [0, 0.1) is 5.92 Å². The number of phenolic OH excluding ortho intramolecular Hbond substituents is 1. The van der Waals surface area contributed by atoms with Gasteiger partial charge in [0.1, 0.15) is 12.4 Å².